The number of nitrogens with one attached hydrogen (secondary N) is 1. The lowest BCUT2D eigenvalue weighted by Gasteiger charge is -2.09. The Kier molecular flexibility index (Phi) is 33.1. The highest BCUT2D eigenvalue weighted by Gasteiger charge is 2.05. The van der Waals surface area contributed by atoms with Crippen molar-refractivity contribution >= 4 is 11.9 Å². The summed E-state index contributed by atoms with van der Waals surface area (Å²) < 4.78 is 65.1. The predicted molar refractivity (Wildman–Crippen MR) is 206 cm³/mol. The van der Waals surface area contributed by atoms with Crippen molar-refractivity contribution < 1.29 is 71.5 Å². The summed E-state index contributed by atoms with van der Waals surface area (Å²) in [5.74, 6) is -0.00550. The maximum atomic E-state index is 12.1. The zero-order valence-electron chi connectivity index (χ0n) is 33.9. The maximum Gasteiger partial charge on any atom is 0.305 e. The molecule has 0 radical (unpaired) electrons. The summed E-state index contributed by atoms with van der Waals surface area (Å²) in [6.45, 7) is 12.6. The molecule has 1 aromatic heterocycles. The molecule has 1 heterocycles. The Bertz CT molecular complexity index is 1250. The van der Waals surface area contributed by atoms with Crippen LogP contribution in [0.4, 0.5) is 0 Å². The van der Waals surface area contributed by atoms with Crippen molar-refractivity contribution in [3.05, 3.63) is 35.7 Å². The number of nitrogens with zero attached hydrogens (tertiary/aromatic N) is 4. The summed E-state index contributed by atoms with van der Waals surface area (Å²) >= 11 is 0. The number of aryl methyl sites for hydroxylation is 1. The fraction of sp³-hybridized carbons (Fsp3) is 0.737. The summed E-state index contributed by atoms with van der Waals surface area (Å²) in [4.78, 5) is 22.5. The second-order valence-corrected chi connectivity index (χ2v) is 12.0. The molecule has 0 saturated heterocycles. The summed E-state index contributed by atoms with van der Waals surface area (Å²) in [5.41, 5.74) is 1.76. The highest BCUT2D eigenvalue weighted by Crippen LogP contribution is 2.14. The van der Waals surface area contributed by atoms with Crippen LogP contribution in [0.15, 0.2) is 24.3 Å². The first kappa shape index (κ1) is 50.8. The number of aromatic nitrogens is 4. The van der Waals surface area contributed by atoms with E-state index in [1.807, 2.05) is 24.3 Å². The highest BCUT2D eigenvalue weighted by molar-refractivity contribution is 5.76. The normalized spacial score (nSPS) is 11.3. The van der Waals surface area contributed by atoms with E-state index >= 15 is 0 Å². The molecule has 2 N–H and O–H groups in total. The van der Waals surface area contributed by atoms with Gasteiger partial charge in [-0.25, -0.2) is 0 Å². The zero-order chi connectivity index (χ0) is 41.4. The van der Waals surface area contributed by atoms with Gasteiger partial charge in [0, 0.05) is 18.5 Å². The third-order valence-electron chi connectivity index (χ3n) is 7.31. The number of amides is 1. The number of carbonyl (C=O) groups excluding carboxylic acids is 1. The molecule has 0 spiro atoms. The van der Waals surface area contributed by atoms with Gasteiger partial charge in [-0.1, -0.05) is 24.3 Å². The molecule has 2 rings (SSSR count). The number of hydrogen-bond acceptors (Lipinski definition) is 18. The minimum atomic E-state index is -0.880. The molecule has 0 atom stereocenters. The van der Waals surface area contributed by atoms with Crippen molar-refractivity contribution in [1.82, 2.24) is 25.7 Å². The summed E-state index contributed by atoms with van der Waals surface area (Å²) in [6, 6.07) is 7.54. The second kappa shape index (κ2) is 37.9. The second-order valence-electron chi connectivity index (χ2n) is 12.0. The molecule has 0 unspecified atom stereocenters. The lowest BCUT2D eigenvalue weighted by atomic mass is 10.1. The molecule has 330 valence electrons. The number of ether oxygens (including phenoxy) is 12. The minimum Gasteiger partial charge on any atom is -0.481 e. The standard InChI is InChI=1S/C38H63N5O15/c1-33-40-42-38(43-41-33)35-4-2-34(3-5-35)32-39-36(44)6-8-47-10-12-49-14-16-51-18-20-53-22-24-55-26-28-57-30-31-58-29-27-56-25-23-54-21-19-52-17-15-50-13-11-48-9-7-37(45)46/h2-5H,6-32H2,1H3,(H,39,44)(H,45,46). The largest absolute Gasteiger partial charge is 0.481 e. The number of carboxylic acids is 1. The van der Waals surface area contributed by atoms with Crippen LogP contribution in [0.2, 0.25) is 0 Å². The fourth-order valence-corrected chi connectivity index (χ4v) is 4.30. The quantitative estimate of drug-likeness (QED) is 0.0887. The molecule has 0 aliphatic rings. The topological polar surface area (TPSA) is 229 Å². The van der Waals surface area contributed by atoms with E-state index in [2.05, 4.69) is 25.7 Å². The Morgan fingerprint density at radius 1 is 0.448 bits per heavy atom. The minimum absolute atomic E-state index is 0.00896. The van der Waals surface area contributed by atoms with Crippen LogP contribution < -0.4 is 5.32 Å². The predicted octanol–water partition coefficient (Wildman–Crippen LogP) is 0.922. The first-order chi connectivity index (χ1) is 28.5. The van der Waals surface area contributed by atoms with E-state index in [9.17, 15) is 9.59 Å². The molecule has 0 aliphatic heterocycles. The Hall–Kier alpha value is -3.38. The maximum absolute atomic E-state index is 12.1. The number of carbonyl (C=O) groups is 2. The Morgan fingerprint density at radius 3 is 1.05 bits per heavy atom. The van der Waals surface area contributed by atoms with Gasteiger partial charge in [-0.05, 0) is 12.5 Å². The van der Waals surface area contributed by atoms with Crippen molar-refractivity contribution in [1.29, 1.82) is 0 Å². The van der Waals surface area contributed by atoms with Crippen LogP contribution in [0.3, 0.4) is 0 Å². The number of benzene rings is 1. The molecule has 0 aliphatic carbocycles. The summed E-state index contributed by atoms with van der Waals surface area (Å²) in [7, 11) is 0. The summed E-state index contributed by atoms with van der Waals surface area (Å²) in [6.07, 6.45) is 0.255. The van der Waals surface area contributed by atoms with Crippen LogP contribution in [0.5, 0.6) is 0 Å². The number of hydrogen-bond donors (Lipinski definition) is 2. The Labute approximate surface area is 340 Å². The Balaban J connectivity index is 1.18. The lowest BCUT2D eigenvalue weighted by molar-refractivity contribution is -0.138. The summed E-state index contributed by atoms with van der Waals surface area (Å²) in [5, 5.41) is 27.3. The molecule has 2 aromatic rings. The fourth-order valence-electron chi connectivity index (χ4n) is 4.30. The average molecular weight is 830 g/mol. The van der Waals surface area contributed by atoms with Crippen molar-refractivity contribution in [2.45, 2.75) is 26.3 Å². The van der Waals surface area contributed by atoms with Crippen molar-refractivity contribution in [3.63, 3.8) is 0 Å². The molecular formula is C38H63N5O15. The van der Waals surface area contributed by atoms with Gasteiger partial charge in [0.2, 0.25) is 11.7 Å². The Morgan fingerprint density at radius 2 is 0.741 bits per heavy atom. The van der Waals surface area contributed by atoms with Crippen molar-refractivity contribution in [2.75, 3.05) is 159 Å². The van der Waals surface area contributed by atoms with Gasteiger partial charge in [0.15, 0.2) is 5.82 Å². The smallest absolute Gasteiger partial charge is 0.305 e. The van der Waals surface area contributed by atoms with Gasteiger partial charge < -0.3 is 67.3 Å². The van der Waals surface area contributed by atoms with E-state index in [1.54, 1.807) is 6.92 Å². The van der Waals surface area contributed by atoms with Gasteiger partial charge in [0.25, 0.3) is 0 Å². The first-order valence-corrected chi connectivity index (χ1v) is 19.6. The van der Waals surface area contributed by atoms with Gasteiger partial charge >= 0.3 is 5.97 Å². The van der Waals surface area contributed by atoms with E-state index in [1.165, 1.54) is 0 Å². The number of aliphatic carboxylic acids is 1. The lowest BCUT2D eigenvalue weighted by Crippen LogP contribution is -2.24. The SMILES string of the molecule is Cc1nnc(-c2ccc(CNC(=O)CCOCCOCCOCCOCCOCCOCCOCCOCCOCCOCCOCCOCCC(=O)O)cc2)nn1. The van der Waals surface area contributed by atoms with Gasteiger partial charge in [0.05, 0.1) is 165 Å². The van der Waals surface area contributed by atoms with Crippen molar-refractivity contribution in [2.24, 2.45) is 0 Å². The molecule has 1 amide bonds. The molecule has 20 nitrogen and oxygen atoms in total. The molecule has 0 fully saturated rings. The van der Waals surface area contributed by atoms with Gasteiger partial charge in [0.1, 0.15) is 0 Å². The van der Waals surface area contributed by atoms with Gasteiger partial charge in [-0.2, -0.15) is 0 Å². The molecule has 58 heavy (non-hydrogen) atoms. The molecule has 20 heteroatoms. The zero-order valence-corrected chi connectivity index (χ0v) is 33.9. The average Bonchev–Trinajstić information content (AvgIpc) is 3.23. The van der Waals surface area contributed by atoms with E-state index in [4.69, 9.17) is 61.9 Å². The highest BCUT2D eigenvalue weighted by atomic mass is 16.6. The third-order valence-corrected chi connectivity index (χ3v) is 7.31. The monoisotopic (exact) mass is 829 g/mol. The van der Waals surface area contributed by atoms with Crippen LogP contribution in [0, 0.1) is 6.92 Å². The third kappa shape index (κ3) is 31.6. The van der Waals surface area contributed by atoms with Crippen LogP contribution >= 0.6 is 0 Å². The van der Waals surface area contributed by atoms with E-state index in [-0.39, 0.29) is 25.4 Å². The van der Waals surface area contributed by atoms with E-state index in [0.29, 0.717) is 170 Å². The first-order valence-electron chi connectivity index (χ1n) is 19.6. The molecule has 0 bridgehead atoms. The van der Waals surface area contributed by atoms with Crippen molar-refractivity contribution in [3.8, 4) is 11.4 Å². The molecule has 0 saturated carbocycles. The molecular weight excluding hydrogens is 766 g/mol. The molecule has 1 aromatic carbocycles. The van der Waals surface area contributed by atoms with Gasteiger partial charge in [-0.15, -0.1) is 20.4 Å². The van der Waals surface area contributed by atoms with E-state index in [0.717, 1.165) is 11.1 Å². The van der Waals surface area contributed by atoms with Crippen LogP contribution in [-0.2, 0) is 73.0 Å². The number of rotatable bonds is 42. The van der Waals surface area contributed by atoms with Crippen LogP contribution in [0.1, 0.15) is 24.2 Å². The van der Waals surface area contributed by atoms with Crippen LogP contribution in [-0.4, -0.2) is 196 Å². The van der Waals surface area contributed by atoms with Gasteiger partial charge in [-0.3, -0.25) is 9.59 Å². The van der Waals surface area contributed by atoms with E-state index < -0.39 is 5.97 Å². The van der Waals surface area contributed by atoms with Crippen LogP contribution in [0.25, 0.3) is 11.4 Å². The number of carboxylic acid groups (broad SMARTS) is 1.